The average molecular weight is 601 g/mol. The molecule has 45 heavy (non-hydrogen) atoms. The Morgan fingerprint density at radius 2 is 1.67 bits per heavy atom. The molecule has 1 fully saturated rings. The van der Waals surface area contributed by atoms with E-state index in [4.69, 9.17) is 0 Å². The monoisotopic (exact) mass is 600 g/mol. The molecule has 1 saturated carbocycles. The molecule has 3 unspecified atom stereocenters. The summed E-state index contributed by atoms with van der Waals surface area (Å²) in [6.07, 6.45) is 5.86. The first-order valence-corrected chi connectivity index (χ1v) is 17.1. The zero-order chi connectivity index (χ0) is 32.0. The second-order valence-corrected chi connectivity index (χ2v) is 15.8. The molecular formula is C42H52N2O. The Balaban J connectivity index is 1.32. The highest BCUT2D eigenvalue weighted by molar-refractivity contribution is 6.01. The van der Waals surface area contributed by atoms with Crippen LogP contribution in [0.5, 0.6) is 0 Å². The number of amides is 2. The number of carbonyl (C=O) groups is 1. The van der Waals surface area contributed by atoms with Crippen molar-refractivity contribution in [2.75, 3.05) is 11.9 Å². The third-order valence-electron chi connectivity index (χ3n) is 11.2. The van der Waals surface area contributed by atoms with Crippen molar-refractivity contribution in [1.29, 1.82) is 0 Å². The van der Waals surface area contributed by atoms with Gasteiger partial charge in [-0.05, 0) is 93.0 Å². The lowest BCUT2D eigenvalue weighted by molar-refractivity contribution is 0.00468. The first kappa shape index (κ1) is 31.4. The van der Waals surface area contributed by atoms with Crippen molar-refractivity contribution in [2.24, 2.45) is 11.3 Å². The Hall–Kier alpha value is -3.59. The maximum Gasteiger partial charge on any atom is 0.322 e. The summed E-state index contributed by atoms with van der Waals surface area (Å²) in [5.41, 5.74) is 8.15. The van der Waals surface area contributed by atoms with Crippen LogP contribution in [0.15, 0.2) is 84.9 Å². The fraction of sp³-hybridized carbons (Fsp3) is 0.452. The molecule has 0 spiro atoms. The highest BCUT2D eigenvalue weighted by atomic mass is 16.2. The van der Waals surface area contributed by atoms with Gasteiger partial charge in [0.15, 0.2) is 0 Å². The third-order valence-corrected chi connectivity index (χ3v) is 11.2. The van der Waals surface area contributed by atoms with Crippen LogP contribution in [0.25, 0.3) is 10.8 Å². The minimum Gasteiger partial charge on any atom is -0.320 e. The average Bonchev–Trinajstić information content (AvgIpc) is 3.00. The normalized spacial score (nSPS) is 23.0. The predicted octanol–water partition coefficient (Wildman–Crippen LogP) is 11.0. The highest BCUT2D eigenvalue weighted by Crippen LogP contribution is 2.57. The zero-order valence-electron chi connectivity index (χ0n) is 28.5. The molecule has 3 heteroatoms. The Morgan fingerprint density at radius 3 is 2.40 bits per heavy atom. The van der Waals surface area contributed by atoms with Crippen LogP contribution in [0.2, 0.25) is 0 Å². The summed E-state index contributed by atoms with van der Waals surface area (Å²) in [7, 11) is 0. The van der Waals surface area contributed by atoms with Crippen LogP contribution in [-0.2, 0) is 23.8 Å². The number of hydrogen-bond acceptors (Lipinski definition) is 1. The van der Waals surface area contributed by atoms with Crippen LogP contribution in [0.4, 0.5) is 10.5 Å². The molecule has 1 N–H and O–H groups in total. The summed E-state index contributed by atoms with van der Waals surface area (Å²) in [5.74, 6) is 1.07. The number of aryl methyl sites for hydroxylation is 1. The van der Waals surface area contributed by atoms with Crippen LogP contribution >= 0.6 is 0 Å². The van der Waals surface area contributed by atoms with E-state index in [9.17, 15) is 4.79 Å². The number of hydrogen-bond donors (Lipinski definition) is 1. The van der Waals surface area contributed by atoms with Crippen LogP contribution in [0.1, 0.15) is 108 Å². The Bertz CT molecular complexity index is 1670. The van der Waals surface area contributed by atoms with Crippen molar-refractivity contribution < 1.29 is 4.79 Å². The fourth-order valence-corrected chi connectivity index (χ4v) is 8.69. The van der Waals surface area contributed by atoms with Gasteiger partial charge in [0.1, 0.15) is 0 Å². The third kappa shape index (κ3) is 6.16. The summed E-state index contributed by atoms with van der Waals surface area (Å²) in [6.45, 7) is 17.7. The summed E-state index contributed by atoms with van der Waals surface area (Å²) < 4.78 is 0. The number of fused-ring (bicyclic) bond motifs is 4. The van der Waals surface area contributed by atoms with E-state index in [1.807, 2.05) is 24.3 Å². The topological polar surface area (TPSA) is 32.3 Å². The first-order chi connectivity index (χ1) is 21.4. The van der Waals surface area contributed by atoms with Gasteiger partial charge in [0, 0.05) is 18.5 Å². The maximum atomic E-state index is 14.4. The molecule has 0 saturated heterocycles. The second kappa shape index (κ2) is 12.0. The van der Waals surface area contributed by atoms with Gasteiger partial charge in [-0.1, -0.05) is 134 Å². The number of urea groups is 1. The summed E-state index contributed by atoms with van der Waals surface area (Å²) >= 11 is 0. The lowest BCUT2D eigenvalue weighted by Gasteiger charge is -2.56. The van der Waals surface area contributed by atoms with Gasteiger partial charge >= 0.3 is 6.03 Å². The standard InChI is InChI=1S/C42H52N2O/c1-29(2)32-18-22-36-33(26-32)19-23-38-41(6,24-11-25-42(36,38)7)28-44(27-30-16-20-34(21-17-30)40(3,4)5)39(45)43-37-15-10-13-31-12-8-9-14-35(31)37/h8-10,12-18,20-22,26,29,38H,11,19,23-25,27-28H2,1-7H3,(H,43,45). The van der Waals surface area contributed by atoms with Gasteiger partial charge in [-0.2, -0.15) is 0 Å². The number of rotatable bonds is 6. The molecule has 3 nitrogen and oxygen atoms in total. The first-order valence-electron chi connectivity index (χ1n) is 17.1. The van der Waals surface area contributed by atoms with Crippen molar-refractivity contribution in [2.45, 2.75) is 104 Å². The molecule has 4 aromatic rings. The molecule has 0 bridgehead atoms. The fourth-order valence-electron chi connectivity index (χ4n) is 8.69. The minimum absolute atomic E-state index is 0.0162. The molecule has 0 heterocycles. The van der Waals surface area contributed by atoms with Crippen LogP contribution < -0.4 is 5.32 Å². The highest BCUT2D eigenvalue weighted by Gasteiger charge is 2.52. The molecule has 0 aliphatic heterocycles. The van der Waals surface area contributed by atoms with Gasteiger partial charge in [-0.3, -0.25) is 0 Å². The molecular weight excluding hydrogens is 548 g/mol. The van der Waals surface area contributed by atoms with Gasteiger partial charge in [0.05, 0.1) is 5.69 Å². The minimum atomic E-state index is -0.0162. The quantitative estimate of drug-likeness (QED) is 0.235. The molecule has 236 valence electrons. The van der Waals surface area contributed by atoms with E-state index in [2.05, 4.69) is 119 Å². The number of carbonyl (C=O) groups excluding carboxylic acids is 1. The Labute approximate surface area is 271 Å². The van der Waals surface area contributed by atoms with E-state index < -0.39 is 0 Å². The van der Waals surface area contributed by atoms with Crippen LogP contribution in [-0.4, -0.2) is 17.5 Å². The van der Waals surface area contributed by atoms with Gasteiger partial charge < -0.3 is 10.2 Å². The van der Waals surface area contributed by atoms with Gasteiger partial charge in [-0.15, -0.1) is 0 Å². The molecule has 2 amide bonds. The zero-order valence-corrected chi connectivity index (χ0v) is 28.5. The molecule has 2 aliphatic rings. The number of anilines is 1. The molecule has 3 atom stereocenters. The van der Waals surface area contributed by atoms with E-state index in [1.165, 1.54) is 36.0 Å². The van der Waals surface area contributed by atoms with Gasteiger partial charge in [0.25, 0.3) is 0 Å². The van der Waals surface area contributed by atoms with Crippen molar-refractivity contribution in [1.82, 2.24) is 4.90 Å². The molecule has 6 rings (SSSR count). The van der Waals surface area contributed by atoms with Crippen LogP contribution in [0, 0.1) is 11.3 Å². The van der Waals surface area contributed by atoms with Crippen molar-refractivity contribution >= 4 is 22.5 Å². The molecule has 4 aromatic carbocycles. The van der Waals surface area contributed by atoms with E-state index in [0.29, 0.717) is 18.4 Å². The number of nitrogens with zero attached hydrogens (tertiary/aromatic N) is 1. The maximum absolute atomic E-state index is 14.4. The Kier molecular flexibility index (Phi) is 8.35. The van der Waals surface area contributed by atoms with Crippen molar-refractivity contribution in [3.05, 3.63) is 113 Å². The van der Waals surface area contributed by atoms with E-state index in [1.54, 1.807) is 11.1 Å². The predicted molar refractivity (Wildman–Crippen MR) is 190 cm³/mol. The van der Waals surface area contributed by atoms with E-state index in [0.717, 1.165) is 35.8 Å². The van der Waals surface area contributed by atoms with E-state index >= 15 is 0 Å². The van der Waals surface area contributed by atoms with Crippen LogP contribution in [0.3, 0.4) is 0 Å². The van der Waals surface area contributed by atoms with Gasteiger partial charge in [0.2, 0.25) is 0 Å². The summed E-state index contributed by atoms with van der Waals surface area (Å²) in [6, 6.07) is 30.7. The number of nitrogens with one attached hydrogen (secondary N) is 1. The summed E-state index contributed by atoms with van der Waals surface area (Å²) in [4.78, 5) is 16.5. The lowest BCUT2D eigenvalue weighted by atomic mass is 9.49. The van der Waals surface area contributed by atoms with Gasteiger partial charge in [-0.25, -0.2) is 4.79 Å². The second-order valence-electron chi connectivity index (χ2n) is 15.8. The molecule has 2 aliphatic carbocycles. The molecule has 0 radical (unpaired) electrons. The largest absolute Gasteiger partial charge is 0.322 e. The molecule has 0 aromatic heterocycles. The Morgan fingerprint density at radius 1 is 0.933 bits per heavy atom. The van der Waals surface area contributed by atoms with Crippen molar-refractivity contribution in [3.8, 4) is 0 Å². The van der Waals surface area contributed by atoms with E-state index in [-0.39, 0.29) is 22.3 Å². The number of benzene rings is 4. The van der Waals surface area contributed by atoms with Crippen molar-refractivity contribution in [3.63, 3.8) is 0 Å². The smallest absolute Gasteiger partial charge is 0.320 e. The SMILES string of the molecule is CC(C)c1ccc2c(c1)CCC1C(C)(CN(Cc3ccc(C(C)(C)C)cc3)C(=O)Nc3cccc4ccccc34)CCCC21C. The lowest BCUT2D eigenvalue weighted by Crippen LogP contribution is -2.54. The summed E-state index contributed by atoms with van der Waals surface area (Å²) in [5, 5.41) is 5.56.